The summed E-state index contributed by atoms with van der Waals surface area (Å²) in [5, 5.41) is 3.67. The predicted molar refractivity (Wildman–Crippen MR) is 93.8 cm³/mol. The maximum Gasteiger partial charge on any atom is 0.252 e. The minimum Gasteiger partial charge on any atom is -0.350 e. The number of aromatic nitrogens is 1. The van der Waals surface area contributed by atoms with Crippen LogP contribution in [-0.4, -0.2) is 40.8 Å². The summed E-state index contributed by atoms with van der Waals surface area (Å²) in [6.07, 6.45) is -0.0422. The second-order valence-electron chi connectivity index (χ2n) is 6.94. The standard InChI is InChI=1S/C18H23N3O3/c1-18(2,3)20-15(22)11-21(4)16(23)10-13-9-12-7-5-6-8-14(12)19-17(13)24/h5-9H,10-11H2,1-4H3,(H,19,24)(H,20,22). The molecule has 2 rings (SSSR count). The zero-order valence-electron chi connectivity index (χ0n) is 14.5. The lowest BCUT2D eigenvalue weighted by molar-refractivity contribution is -0.134. The van der Waals surface area contributed by atoms with Gasteiger partial charge in [-0.1, -0.05) is 18.2 Å². The highest BCUT2D eigenvalue weighted by Crippen LogP contribution is 2.10. The second kappa shape index (κ2) is 6.86. The topological polar surface area (TPSA) is 82.3 Å². The van der Waals surface area contributed by atoms with Gasteiger partial charge in [0.15, 0.2) is 0 Å². The molecule has 1 aromatic heterocycles. The maximum atomic E-state index is 12.3. The third kappa shape index (κ3) is 4.68. The Labute approximate surface area is 140 Å². The number of carbonyl (C=O) groups excluding carboxylic acids is 2. The van der Waals surface area contributed by atoms with Crippen molar-refractivity contribution < 1.29 is 9.59 Å². The summed E-state index contributed by atoms with van der Waals surface area (Å²) in [5.41, 5.74) is 0.490. The molecule has 0 saturated carbocycles. The molecule has 2 amide bonds. The SMILES string of the molecule is CN(CC(=O)NC(C)(C)C)C(=O)Cc1cc2ccccc2[nH]c1=O. The lowest BCUT2D eigenvalue weighted by atomic mass is 10.1. The van der Waals surface area contributed by atoms with Gasteiger partial charge in [-0.15, -0.1) is 0 Å². The van der Waals surface area contributed by atoms with Gasteiger partial charge in [-0.3, -0.25) is 14.4 Å². The Hall–Kier alpha value is -2.63. The summed E-state index contributed by atoms with van der Waals surface area (Å²) in [6, 6.07) is 9.11. The number of nitrogens with zero attached hydrogens (tertiary/aromatic N) is 1. The van der Waals surface area contributed by atoms with Crippen LogP contribution in [0.25, 0.3) is 10.9 Å². The van der Waals surface area contributed by atoms with Gasteiger partial charge < -0.3 is 15.2 Å². The largest absolute Gasteiger partial charge is 0.350 e. The number of aromatic amines is 1. The van der Waals surface area contributed by atoms with E-state index < -0.39 is 0 Å². The molecule has 0 fully saturated rings. The molecule has 0 aliphatic rings. The number of amides is 2. The number of hydrogen-bond acceptors (Lipinski definition) is 3. The Morgan fingerprint density at radius 1 is 1.21 bits per heavy atom. The van der Waals surface area contributed by atoms with Gasteiger partial charge in [-0.05, 0) is 38.3 Å². The summed E-state index contributed by atoms with van der Waals surface area (Å²) in [5.74, 6) is -0.509. The van der Waals surface area contributed by atoms with Crippen LogP contribution in [0, 0.1) is 0 Å². The first-order valence-corrected chi connectivity index (χ1v) is 7.81. The van der Waals surface area contributed by atoms with Crippen LogP contribution in [0.3, 0.4) is 0 Å². The van der Waals surface area contributed by atoms with E-state index in [1.165, 1.54) is 4.90 Å². The minimum atomic E-state index is -0.351. The summed E-state index contributed by atoms with van der Waals surface area (Å²) < 4.78 is 0. The normalized spacial score (nSPS) is 11.3. The van der Waals surface area contributed by atoms with Gasteiger partial charge in [-0.2, -0.15) is 0 Å². The lowest BCUT2D eigenvalue weighted by Gasteiger charge is -2.23. The molecule has 0 aliphatic carbocycles. The summed E-state index contributed by atoms with van der Waals surface area (Å²) in [6.45, 7) is 5.59. The highest BCUT2D eigenvalue weighted by molar-refractivity contribution is 5.86. The van der Waals surface area contributed by atoms with E-state index in [0.29, 0.717) is 5.56 Å². The number of fused-ring (bicyclic) bond motifs is 1. The number of hydrogen-bond donors (Lipinski definition) is 2. The fourth-order valence-electron chi connectivity index (χ4n) is 2.38. The van der Waals surface area contributed by atoms with Gasteiger partial charge >= 0.3 is 0 Å². The molecular formula is C18H23N3O3. The predicted octanol–water partition coefficient (Wildman–Crippen LogP) is 1.44. The number of H-pyrrole nitrogens is 1. The molecule has 0 atom stereocenters. The summed E-state index contributed by atoms with van der Waals surface area (Å²) in [7, 11) is 1.56. The van der Waals surface area contributed by atoms with Gasteiger partial charge in [0, 0.05) is 23.7 Å². The quantitative estimate of drug-likeness (QED) is 0.890. The molecule has 128 valence electrons. The molecule has 2 N–H and O–H groups in total. The smallest absolute Gasteiger partial charge is 0.252 e. The van der Waals surface area contributed by atoms with Crippen LogP contribution < -0.4 is 10.9 Å². The first-order chi connectivity index (χ1) is 11.2. The van der Waals surface area contributed by atoms with Crippen LogP contribution >= 0.6 is 0 Å². The van der Waals surface area contributed by atoms with E-state index in [2.05, 4.69) is 10.3 Å². The van der Waals surface area contributed by atoms with E-state index in [4.69, 9.17) is 0 Å². The van der Waals surface area contributed by atoms with Gasteiger partial charge in [-0.25, -0.2) is 0 Å². The van der Waals surface area contributed by atoms with Crippen molar-refractivity contribution in [3.63, 3.8) is 0 Å². The average molecular weight is 329 g/mol. The van der Waals surface area contributed by atoms with Crippen molar-refractivity contribution in [3.05, 3.63) is 46.2 Å². The Bertz CT molecular complexity index is 818. The molecule has 0 saturated heterocycles. The van der Waals surface area contributed by atoms with Crippen molar-refractivity contribution in [2.24, 2.45) is 0 Å². The molecule has 0 aliphatic heterocycles. The zero-order valence-corrected chi connectivity index (χ0v) is 14.5. The van der Waals surface area contributed by atoms with E-state index in [-0.39, 0.29) is 35.9 Å². The van der Waals surface area contributed by atoms with Crippen LogP contribution in [0.2, 0.25) is 0 Å². The first kappa shape index (κ1) is 17.7. The summed E-state index contributed by atoms with van der Waals surface area (Å²) >= 11 is 0. The fraction of sp³-hybridized carbons (Fsp3) is 0.389. The Morgan fingerprint density at radius 3 is 2.54 bits per heavy atom. The first-order valence-electron chi connectivity index (χ1n) is 7.81. The third-order valence-electron chi connectivity index (χ3n) is 3.49. The number of carbonyl (C=O) groups is 2. The van der Waals surface area contributed by atoms with E-state index in [1.54, 1.807) is 13.1 Å². The minimum absolute atomic E-state index is 0.0401. The van der Waals surface area contributed by atoms with E-state index >= 15 is 0 Å². The molecular weight excluding hydrogens is 306 g/mol. The van der Waals surface area contributed by atoms with Gasteiger partial charge in [0.05, 0.1) is 13.0 Å². The third-order valence-corrected chi connectivity index (χ3v) is 3.49. The van der Waals surface area contributed by atoms with Gasteiger partial charge in [0.25, 0.3) is 5.56 Å². The van der Waals surface area contributed by atoms with Crippen LogP contribution in [0.1, 0.15) is 26.3 Å². The monoisotopic (exact) mass is 329 g/mol. The van der Waals surface area contributed by atoms with E-state index in [9.17, 15) is 14.4 Å². The molecule has 2 aromatic rings. The van der Waals surface area contributed by atoms with E-state index in [1.807, 2.05) is 45.0 Å². The van der Waals surface area contributed by atoms with Crippen molar-refractivity contribution >= 4 is 22.7 Å². The Kier molecular flexibility index (Phi) is 5.07. The number of nitrogens with one attached hydrogen (secondary N) is 2. The maximum absolute atomic E-state index is 12.3. The number of likely N-dealkylation sites (N-methyl/N-ethyl adjacent to an activating group) is 1. The molecule has 24 heavy (non-hydrogen) atoms. The van der Waals surface area contributed by atoms with Crippen LogP contribution in [0.15, 0.2) is 35.1 Å². The Morgan fingerprint density at radius 2 is 1.88 bits per heavy atom. The van der Waals surface area contributed by atoms with Crippen molar-refractivity contribution in [2.75, 3.05) is 13.6 Å². The van der Waals surface area contributed by atoms with Crippen molar-refractivity contribution in [2.45, 2.75) is 32.7 Å². The van der Waals surface area contributed by atoms with Crippen LogP contribution in [0.5, 0.6) is 0 Å². The molecule has 0 radical (unpaired) electrons. The number of benzene rings is 1. The van der Waals surface area contributed by atoms with Crippen LogP contribution in [0.4, 0.5) is 0 Å². The molecule has 1 aromatic carbocycles. The molecule has 6 heteroatoms. The highest BCUT2D eigenvalue weighted by Gasteiger charge is 2.18. The second-order valence-corrected chi connectivity index (χ2v) is 6.94. The molecule has 0 bridgehead atoms. The number of para-hydroxylation sites is 1. The molecule has 6 nitrogen and oxygen atoms in total. The summed E-state index contributed by atoms with van der Waals surface area (Å²) in [4.78, 5) is 40.4. The average Bonchev–Trinajstić information content (AvgIpc) is 2.45. The highest BCUT2D eigenvalue weighted by atomic mass is 16.2. The van der Waals surface area contributed by atoms with Crippen molar-refractivity contribution in [3.8, 4) is 0 Å². The Balaban J connectivity index is 2.07. The fourth-order valence-corrected chi connectivity index (χ4v) is 2.38. The molecule has 0 spiro atoms. The molecule has 0 unspecified atom stereocenters. The van der Waals surface area contributed by atoms with Crippen molar-refractivity contribution in [1.29, 1.82) is 0 Å². The molecule has 1 heterocycles. The van der Waals surface area contributed by atoms with Crippen LogP contribution in [-0.2, 0) is 16.0 Å². The number of rotatable bonds is 4. The van der Waals surface area contributed by atoms with E-state index in [0.717, 1.165) is 10.9 Å². The number of pyridine rings is 1. The zero-order chi connectivity index (χ0) is 17.9. The van der Waals surface area contributed by atoms with Gasteiger partial charge in [0.2, 0.25) is 11.8 Å². The van der Waals surface area contributed by atoms with Crippen molar-refractivity contribution in [1.82, 2.24) is 15.2 Å². The lowest BCUT2D eigenvalue weighted by Crippen LogP contribution is -2.46. The van der Waals surface area contributed by atoms with Gasteiger partial charge in [0.1, 0.15) is 0 Å².